The van der Waals surface area contributed by atoms with E-state index in [9.17, 15) is 9.59 Å². The molecule has 2 aliphatic heterocycles. The number of amides is 2. The second kappa shape index (κ2) is 6.63. The lowest BCUT2D eigenvalue weighted by molar-refractivity contribution is -0.127. The van der Waals surface area contributed by atoms with Crippen molar-refractivity contribution in [3.8, 4) is 0 Å². The van der Waals surface area contributed by atoms with Crippen molar-refractivity contribution < 1.29 is 14.3 Å². The van der Waals surface area contributed by atoms with Crippen molar-refractivity contribution in [3.63, 3.8) is 0 Å². The minimum atomic E-state index is -0.396. The van der Waals surface area contributed by atoms with E-state index in [4.69, 9.17) is 4.74 Å². The van der Waals surface area contributed by atoms with Gasteiger partial charge in [0.1, 0.15) is 0 Å². The van der Waals surface area contributed by atoms with Crippen molar-refractivity contribution >= 4 is 49.4 Å². The van der Waals surface area contributed by atoms with Crippen LogP contribution in [0.5, 0.6) is 0 Å². The van der Waals surface area contributed by atoms with Crippen molar-refractivity contribution in [1.82, 2.24) is 4.90 Å². The zero-order chi connectivity index (χ0) is 16.7. The van der Waals surface area contributed by atoms with Gasteiger partial charge in [0.2, 0.25) is 5.91 Å². The van der Waals surface area contributed by atoms with Crippen molar-refractivity contribution in [2.45, 2.75) is 38.5 Å². The van der Waals surface area contributed by atoms with E-state index in [1.54, 1.807) is 6.07 Å². The molecule has 0 radical (unpaired) electrons. The van der Waals surface area contributed by atoms with E-state index in [1.807, 2.05) is 26.0 Å². The van der Waals surface area contributed by atoms with Gasteiger partial charge in [0.25, 0.3) is 5.91 Å². The number of anilines is 1. The quantitative estimate of drug-likeness (QED) is 0.656. The highest BCUT2D eigenvalue weighted by atomic mass is 79.9. The zero-order valence-corrected chi connectivity index (χ0v) is 16.1. The Hall–Kier alpha value is -0.760. The number of halogens is 2. The molecule has 0 aromatic heterocycles. The monoisotopic (exact) mass is 444 g/mol. The Morgan fingerprint density at radius 3 is 2.39 bits per heavy atom. The summed E-state index contributed by atoms with van der Waals surface area (Å²) in [6.07, 6.45) is 0.353. The minimum Gasteiger partial charge on any atom is -0.373 e. The molecular weight excluding hydrogens is 428 g/mol. The number of ether oxygens (including phenoxy) is 1. The van der Waals surface area contributed by atoms with Gasteiger partial charge in [-0.25, -0.2) is 4.90 Å². The van der Waals surface area contributed by atoms with Gasteiger partial charge in [-0.05, 0) is 48.0 Å². The Kier molecular flexibility index (Phi) is 4.92. The Bertz CT molecular complexity index is 642. The molecule has 0 aliphatic carbocycles. The maximum Gasteiger partial charge on any atom is 0.251 e. The van der Waals surface area contributed by atoms with Gasteiger partial charge in [-0.3, -0.25) is 14.5 Å². The van der Waals surface area contributed by atoms with Crippen LogP contribution in [-0.4, -0.2) is 48.1 Å². The summed E-state index contributed by atoms with van der Waals surface area (Å²) in [4.78, 5) is 28.7. The molecule has 7 heteroatoms. The van der Waals surface area contributed by atoms with Gasteiger partial charge >= 0.3 is 0 Å². The minimum absolute atomic E-state index is 0.0649. The van der Waals surface area contributed by atoms with E-state index in [-0.39, 0.29) is 30.4 Å². The first-order valence-corrected chi connectivity index (χ1v) is 9.16. The van der Waals surface area contributed by atoms with Crippen LogP contribution in [0, 0.1) is 0 Å². The normalized spacial score (nSPS) is 29.4. The average Bonchev–Trinajstić information content (AvgIpc) is 2.74. The molecule has 0 spiro atoms. The molecule has 23 heavy (non-hydrogen) atoms. The number of benzene rings is 1. The maximum absolute atomic E-state index is 12.9. The topological polar surface area (TPSA) is 49.9 Å². The van der Waals surface area contributed by atoms with E-state index >= 15 is 0 Å². The van der Waals surface area contributed by atoms with E-state index in [0.29, 0.717) is 18.8 Å². The van der Waals surface area contributed by atoms with Gasteiger partial charge < -0.3 is 4.74 Å². The molecule has 2 aliphatic rings. The fourth-order valence-corrected chi connectivity index (χ4v) is 4.51. The first-order valence-electron chi connectivity index (χ1n) is 7.58. The van der Waals surface area contributed by atoms with Crippen LogP contribution in [0.25, 0.3) is 0 Å². The number of nitrogens with zero attached hydrogens (tertiary/aromatic N) is 2. The van der Waals surface area contributed by atoms with Gasteiger partial charge in [0.15, 0.2) is 0 Å². The van der Waals surface area contributed by atoms with Crippen LogP contribution in [0.1, 0.15) is 20.3 Å². The van der Waals surface area contributed by atoms with E-state index in [1.165, 1.54) is 4.90 Å². The molecule has 124 valence electrons. The number of carbonyl (C=O) groups excluding carboxylic acids is 2. The number of hydrogen-bond donors (Lipinski definition) is 0. The van der Waals surface area contributed by atoms with Gasteiger partial charge in [-0.2, -0.15) is 0 Å². The highest BCUT2D eigenvalue weighted by molar-refractivity contribution is 9.11. The highest BCUT2D eigenvalue weighted by Gasteiger charge is 2.44. The fraction of sp³-hybridized carbons (Fsp3) is 0.500. The number of imide groups is 1. The molecule has 1 aromatic rings. The van der Waals surface area contributed by atoms with Crippen LogP contribution < -0.4 is 4.90 Å². The lowest BCUT2D eigenvalue weighted by Crippen LogP contribution is -2.52. The third-order valence-corrected chi connectivity index (χ3v) is 5.29. The highest BCUT2D eigenvalue weighted by Crippen LogP contribution is 2.34. The number of morpholine rings is 1. The van der Waals surface area contributed by atoms with Crippen LogP contribution in [0.4, 0.5) is 5.69 Å². The molecule has 5 nitrogen and oxygen atoms in total. The average molecular weight is 446 g/mol. The molecule has 2 saturated heterocycles. The Morgan fingerprint density at radius 2 is 1.78 bits per heavy atom. The third kappa shape index (κ3) is 3.38. The predicted octanol–water partition coefficient (Wildman–Crippen LogP) is 2.95. The summed E-state index contributed by atoms with van der Waals surface area (Å²) in [6.45, 7) is 5.33. The molecular formula is C16H18Br2N2O3. The number of rotatable bonds is 2. The summed E-state index contributed by atoms with van der Waals surface area (Å²) in [5, 5.41) is 0. The predicted molar refractivity (Wildman–Crippen MR) is 94.3 cm³/mol. The molecule has 0 unspecified atom stereocenters. The van der Waals surface area contributed by atoms with Crippen molar-refractivity contribution in [2.24, 2.45) is 0 Å². The maximum atomic E-state index is 12.9. The van der Waals surface area contributed by atoms with Crippen LogP contribution >= 0.6 is 31.9 Å². The largest absolute Gasteiger partial charge is 0.373 e. The summed E-state index contributed by atoms with van der Waals surface area (Å²) in [6, 6.07) is 5.04. The van der Waals surface area contributed by atoms with Crippen molar-refractivity contribution in [2.75, 3.05) is 18.0 Å². The van der Waals surface area contributed by atoms with E-state index < -0.39 is 6.04 Å². The molecule has 0 bridgehead atoms. The second-order valence-electron chi connectivity index (χ2n) is 6.09. The number of carbonyl (C=O) groups is 2. The molecule has 2 heterocycles. The number of hydrogen-bond acceptors (Lipinski definition) is 4. The second-order valence-corrected chi connectivity index (χ2v) is 7.86. The van der Waals surface area contributed by atoms with Gasteiger partial charge in [0.05, 0.1) is 30.4 Å². The smallest absolute Gasteiger partial charge is 0.251 e. The molecule has 1 aromatic carbocycles. The van der Waals surface area contributed by atoms with Crippen LogP contribution in [0.2, 0.25) is 0 Å². The summed E-state index contributed by atoms with van der Waals surface area (Å²) in [7, 11) is 0. The van der Waals surface area contributed by atoms with Crippen LogP contribution in [-0.2, 0) is 14.3 Å². The summed E-state index contributed by atoms with van der Waals surface area (Å²) in [5.41, 5.74) is 0.597. The summed E-state index contributed by atoms with van der Waals surface area (Å²) < 4.78 is 7.33. The third-order valence-electron chi connectivity index (χ3n) is 4.16. The molecule has 0 saturated carbocycles. The standard InChI is InChI=1S/C16H18Br2N2O3/c1-9-7-19(8-10(2)23-9)14-6-15(21)20(16(14)22)13-4-3-11(17)5-12(13)18/h3-5,9-10,14H,6-8H2,1-2H3/t9-,10-,14+/m1/s1. The lowest BCUT2D eigenvalue weighted by atomic mass is 10.1. The van der Waals surface area contributed by atoms with Crippen molar-refractivity contribution in [3.05, 3.63) is 27.1 Å². The van der Waals surface area contributed by atoms with Gasteiger partial charge in [-0.1, -0.05) is 15.9 Å². The fourth-order valence-electron chi connectivity index (χ4n) is 3.29. The molecule has 0 N–H and O–H groups in total. The molecule has 3 rings (SSSR count). The first-order chi connectivity index (χ1) is 10.9. The van der Waals surface area contributed by atoms with Crippen molar-refractivity contribution in [1.29, 1.82) is 0 Å². The SMILES string of the molecule is C[C@@H]1CN([C@H]2CC(=O)N(c3ccc(Br)cc3Br)C2=O)C[C@@H](C)O1. The van der Waals surface area contributed by atoms with E-state index in [0.717, 1.165) is 8.95 Å². The van der Waals surface area contributed by atoms with Crippen LogP contribution in [0.3, 0.4) is 0 Å². The molecule has 3 atom stereocenters. The van der Waals surface area contributed by atoms with Crippen LogP contribution in [0.15, 0.2) is 27.1 Å². The zero-order valence-electron chi connectivity index (χ0n) is 13.0. The van der Waals surface area contributed by atoms with E-state index in [2.05, 4.69) is 36.8 Å². The Labute approximate surface area is 152 Å². The molecule has 2 fully saturated rings. The van der Waals surface area contributed by atoms with Gasteiger partial charge in [0, 0.05) is 22.0 Å². The van der Waals surface area contributed by atoms with Gasteiger partial charge in [-0.15, -0.1) is 0 Å². The first kappa shape index (κ1) is 17.1. The summed E-state index contributed by atoms with van der Waals surface area (Å²) in [5.74, 6) is -0.311. The Balaban J connectivity index is 1.85. The summed E-state index contributed by atoms with van der Waals surface area (Å²) >= 11 is 6.82. The molecule has 2 amide bonds. The Morgan fingerprint density at radius 1 is 1.13 bits per heavy atom. The lowest BCUT2D eigenvalue weighted by Gasteiger charge is -2.37.